The molecule has 0 bridgehead atoms. The van der Waals surface area contributed by atoms with Gasteiger partial charge in [-0.05, 0) is 35.9 Å². The average molecular weight is 390 g/mol. The zero-order valence-electron chi connectivity index (χ0n) is 13.4. The predicted octanol–water partition coefficient (Wildman–Crippen LogP) is 4.26. The van der Waals surface area contributed by atoms with Crippen LogP contribution in [0.1, 0.15) is 5.56 Å². The van der Waals surface area contributed by atoms with Crippen LogP contribution in [0.25, 0.3) is 0 Å². The van der Waals surface area contributed by atoms with Crippen LogP contribution >= 0.6 is 23.2 Å². The van der Waals surface area contributed by atoms with Crippen molar-refractivity contribution in [2.75, 3.05) is 17.4 Å². The lowest BCUT2D eigenvalue weighted by atomic mass is 10.2. The summed E-state index contributed by atoms with van der Waals surface area (Å²) in [6, 6.07) is 11.0. The maximum Gasteiger partial charge on any atom is 0.244 e. The molecule has 0 saturated carbocycles. The summed E-state index contributed by atoms with van der Waals surface area (Å²) in [5.74, 6) is 2.41. The van der Waals surface area contributed by atoms with Gasteiger partial charge in [0.2, 0.25) is 12.7 Å². The Bertz CT molecular complexity index is 954. The van der Waals surface area contributed by atoms with Gasteiger partial charge >= 0.3 is 0 Å². The maximum atomic E-state index is 6.02. The zero-order valence-corrected chi connectivity index (χ0v) is 14.9. The Morgan fingerprint density at radius 3 is 2.77 bits per heavy atom. The Labute approximate surface area is 159 Å². The number of aromatic nitrogens is 3. The molecule has 0 radical (unpaired) electrons. The summed E-state index contributed by atoms with van der Waals surface area (Å²) in [6.07, 6.45) is 1.52. The summed E-state index contributed by atoms with van der Waals surface area (Å²) >= 11 is 11.9. The Kier molecular flexibility index (Phi) is 4.64. The summed E-state index contributed by atoms with van der Waals surface area (Å²) in [4.78, 5) is 4.38. The van der Waals surface area contributed by atoms with Gasteiger partial charge in [0, 0.05) is 12.2 Å². The predicted molar refractivity (Wildman–Crippen MR) is 99.5 cm³/mol. The number of halogens is 2. The first-order chi connectivity index (χ1) is 12.7. The van der Waals surface area contributed by atoms with Crippen LogP contribution in [0, 0.1) is 0 Å². The molecule has 0 aliphatic carbocycles. The van der Waals surface area contributed by atoms with Gasteiger partial charge < -0.3 is 20.1 Å². The van der Waals surface area contributed by atoms with Gasteiger partial charge in [0.15, 0.2) is 17.3 Å². The minimum absolute atomic E-state index is 0.252. The van der Waals surface area contributed by atoms with Crippen molar-refractivity contribution in [3.8, 4) is 11.5 Å². The lowest BCUT2D eigenvalue weighted by Gasteiger charge is -2.09. The third-order valence-corrected chi connectivity index (χ3v) is 4.38. The van der Waals surface area contributed by atoms with E-state index in [4.69, 9.17) is 32.7 Å². The van der Waals surface area contributed by atoms with E-state index >= 15 is 0 Å². The maximum absolute atomic E-state index is 6.02. The number of anilines is 3. The Hall–Kier alpha value is -2.77. The number of benzene rings is 2. The van der Waals surface area contributed by atoms with E-state index in [0.717, 1.165) is 22.7 Å². The number of nitrogens with zero attached hydrogens (tertiary/aromatic N) is 3. The molecule has 7 nitrogen and oxygen atoms in total. The van der Waals surface area contributed by atoms with E-state index < -0.39 is 0 Å². The second-order valence-corrected chi connectivity index (χ2v) is 6.27. The fourth-order valence-corrected chi connectivity index (χ4v) is 2.69. The first kappa shape index (κ1) is 16.7. The van der Waals surface area contributed by atoms with Crippen molar-refractivity contribution in [1.29, 1.82) is 0 Å². The molecular weight excluding hydrogens is 377 g/mol. The lowest BCUT2D eigenvalue weighted by Crippen LogP contribution is -2.06. The molecular formula is C17H13Cl2N5O2. The molecule has 3 aromatic rings. The van der Waals surface area contributed by atoms with Crippen molar-refractivity contribution in [3.63, 3.8) is 0 Å². The van der Waals surface area contributed by atoms with Gasteiger partial charge in [0.25, 0.3) is 0 Å². The molecule has 0 fully saturated rings. The molecule has 0 spiro atoms. The molecule has 1 aromatic heterocycles. The van der Waals surface area contributed by atoms with Gasteiger partial charge in [-0.3, -0.25) is 0 Å². The van der Waals surface area contributed by atoms with Crippen LogP contribution in [0.4, 0.5) is 17.5 Å². The Morgan fingerprint density at radius 1 is 1.00 bits per heavy atom. The van der Waals surface area contributed by atoms with E-state index in [1.165, 1.54) is 6.20 Å². The molecule has 26 heavy (non-hydrogen) atoms. The van der Waals surface area contributed by atoms with E-state index in [0.29, 0.717) is 28.4 Å². The number of rotatable bonds is 5. The van der Waals surface area contributed by atoms with E-state index in [1.54, 1.807) is 18.2 Å². The van der Waals surface area contributed by atoms with E-state index in [-0.39, 0.29) is 6.79 Å². The highest BCUT2D eigenvalue weighted by Gasteiger charge is 2.13. The van der Waals surface area contributed by atoms with Gasteiger partial charge in [-0.25, -0.2) is 0 Å². The summed E-state index contributed by atoms with van der Waals surface area (Å²) in [6.45, 7) is 0.774. The van der Waals surface area contributed by atoms with Crippen LogP contribution in [-0.4, -0.2) is 22.0 Å². The zero-order chi connectivity index (χ0) is 17.9. The van der Waals surface area contributed by atoms with Gasteiger partial charge in [0.1, 0.15) is 0 Å². The SMILES string of the molecule is Clc1ccc(Nc2cnnc(NCc3ccc4c(c3)OCO4)n2)cc1Cl. The molecule has 132 valence electrons. The van der Waals surface area contributed by atoms with Crippen LogP contribution in [-0.2, 0) is 6.54 Å². The number of hydrogen-bond donors (Lipinski definition) is 2. The number of nitrogens with one attached hydrogen (secondary N) is 2. The minimum Gasteiger partial charge on any atom is -0.454 e. The van der Waals surface area contributed by atoms with Crippen LogP contribution in [0.15, 0.2) is 42.6 Å². The Morgan fingerprint density at radius 2 is 1.88 bits per heavy atom. The molecule has 4 rings (SSSR count). The second-order valence-electron chi connectivity index (χ2n) is 5.46. The van der Waals surface area contributed by atoms with Gasteiger partial charge in [0.05, 0.1) is 16.2 Å². The van der Waals surface area contributed by atoms with Gasteiger partial charge in [-0.2, -0.15) is 10.1 Å². The largest absolute Gasteiger partial charge is 0.454 e. The van der Waals surface area contributed by atoms with E-state index in [1.807, 2.05) is 18.2 Å². The quantitative estimate of drug-likeness (QED) is 0.674. The van der Waals surface area contributed by atoms with E-state index in [2.05, 4.69) is 25.8 Å². The van der Waals surface area contributed by atoms with Crippen molar-refractivity contribution < 1.29 is 9.47 Å². The molecule has 1 aliphatic heterocycles. The van der Waals surface area contributed by atoms with Gasteiger partial charge in [-0.15, -0.1) is 5.10 Å². The van der Waals surface area contributed by atoms with Crippen molar-refractivity contribution >= 4 is 40.7 Å². The van der Waals surface area contributed by atoms with Crippen molar-refractivity contribution in [1.82, 2.24) is 15.2 Å². The molecule has 2 aromatic carbocycles. The number of hydrogen-bond acceptors (Lipinski definition) is 7. The summed E-state index contributed by atoms with van der Waals surface area (Å²) < 4.78 is 10.7. The highest BCUT2D eigenvalue weighted by molar-refractivity contribution is 6.42. The first-order valence-corrected chi connectivity index (χ1v) is 8.47. The van der Waals surface area contributed by atoms with Crippen LogP contribution < -0.4 is 20.1 Å². The summed E-state index contributed by atoms with van der Waals surface area (Å²) in [7, 11) is 0. The second kappa shape index (κ2) is 7.23. The topological polar surface area (TPSA) is 81.2 Å². The lowest BCUT2D eigenvalue weighted by molar-refractivity contribution is 0.174. The normalized spacial score (nSPS) is 12.1. The fourth-order valence-electron chi connectivity index (χ4n) is 2.39. The van der Waals surface area contributed by atoms with Crippen molar-refractivity contribution in [2.24, 2.45) is 0 Å². The molecule has 0 amide bonds. The third kappa shape index (κ3) is 3.74. The molecule has 9 heteroatoms. The summed E-state index contributed by atoms with van der Waals surface area (Å²) in [5, 5.41) is 15.1. The molecule has 2 heterocycles. The highest BCUT2D eigenvalue weighted by Crippen LogP contribution is 2.32. The molecule has 0 saturated heterocycles. The van der Waals surface area contributed by atoms with Crippen molar-refractivity contribution in [3.05, 3.63) is 58.2 Å². The standard InChI is InChI=1S/C17H13Cl2N5O2/c18-12-3-2-11(6-13(12)19)22-16-8-21-24-17(23-16)20-7-10-1-4-14-15(5-10)26-9-25-14/h1-6,8H,7,9H2,(H2,20,22,23,24). The fraction of sp³-hybridized carbons (Fsp3) is 0.118. The molecule has 1 aliphatic rings. The van der Waals surface area contributed by atoms with Crippen LogP contribution in [0.2, 0.25) is 10.0 Å². The third-order valence-electron chi connectivity index (χ3n) is 3.64. The van der Waals surface area contributed by atoms with Crippen molar-refractivity contribution in [2.45, 2.75) is 6.54 Å². The van der Waals surface area contributed by atoms with Crippen LogP contribution in [0.5, 0.6) is 11.5 Å². The van der Waals surface area contributed by atoms with Gasteiger partial charge in [-0.1, -0.05) is 29.3 Å². The smallest absolute Gasteiger partial charge is 0.244 e. The first-order valence-electron chi connectivity index (χ1n) is 7.71. The molecule has 0 unspecified atom stereocenters. The van der Waals surface area contributed by atoms with E-state index in [9.17, 15) is 0 Å². The highest BCUT2D eigenvalue weighted by atomic mass is 35.5. The number of ether oxygens (including phenoxy) is 2. The molecule has 0 atom stereocenters. The minimum atomic E-state index is 0.252. The Balaban J connectivity index is 1.43. The summed E-state index contributed by atoms with van der Waals surface area (Å²) in [5.41, 5.74) is 1.77. The monoisotopic (exact) mass is 389 g/mol. The molecule has 2 N–H and O–H groups in total. The number of fused-ring (bicyclic) bond motifs is 1. The average Bonchev–Trinajstić information content (AvgIpc) is 3.11. The van der Waals surface area contributed by atoms with Crippen LogP contribution in [0.3, 0.4) is 0 Å².